The molecule has 0 radical (unpaired) electrons. The van der Waals surface area contributed by atoms with E-state index in [4.69, 9.17) is 4.42 Å². The summed E-state index contributed by atoms with van der Waals surface area (Å²) in [6.07, 6.45) is 1.62. The number of carbonyl (C=O) groups is 1. The van der Waals surface area contributed by atoms with Gasteiger partial charge in [-0.15, -0.1) is 11.3 Å². The highest BCUT2D eigenvalue weighted by Gasteiger charge is 2.29. The van der Waals surface area contributed by atoms with Gasteiger partial charge in [0.2, 0.25) is 5.91 Å². The second-order valence-corrected chi connectivity index (χ2v) is 8.05. The monoisotopic (exact) mass is 385 g/mol. The second kappa shape index (κ2) is 8.07. The van der Waals surface area contributed by atoms with Crippen molar-refractivity contribution in [1.82, 2.24) is 9.88 Å². The Morgan fingerprint density at radius 3 is 2.69 bits per heavy atom. The first-order chi connectivity index (χ1) is 12.8. The van der Waals surface area contributed by atoms with Gasteiger partial charge in [-0.2, -0.15) is 11.8 Å². The first-order valence-electron chi connectivity index (χ1n) is 8.48. The molecule has 2 aromatic heterocycles. The Morgan fingerprint density at radius 2 is 1.96 bits per heavy atom. The number of thiazole rings is 1. The SMILES string of the molecule is O=C(Nc1nc(-c2ccco2)cs1)C(c1ccccc1)N1CCSCC1. The smallest absolute Gasteiger partial charge is 0.248 e. The van der Waals surface area contributed by atoms with E-state index in [1.165, 1.54) is 11.3 Å². The van der Waals surface area contributed by atoms with E-state index in [1.54, 1.807) is 6.26 Å². The zero-order valence-corrected chi connectivity index (χ0v) is 15.8. The molecule has 3 heterocycles. The quantitative estimate of drug-likeness (QED) is 0.716. The van der Waals surface area contributed by atoms with Crippen LogP contribution in [0.3, 0.4) is 0 Å². The van der Waals surface area contributed by atoms with Crippen LogP contribution in [0.4, 0.5) is 5.13 Å². The van der Waals surface area contributed by atoms with Crippen LogP contribution in [0, 0.1) is 0 Å². The number of amides is 1. The molecule has 5 nitrogen and oxygen atoms in total. The molecule has 1 unspecified atom stereocenters. The molecule has 0 spiro atoms. The summed E-state index contributed by atoms with van der Waals surface area (Å²) in [5, 5.41) is 5.48. The third-order valence-corrected chi connectivity index (χ3v) is 5.98. The van der Waals surface area contributed by atoms with E-state index in [1.807, 2.05) is 59.6 Å². The van der Waals surface area contributed by atoms with Crippen molar-refractivity contribution in [2.75, 3.05) is 29.9 Å². The molecule has 26 heavy (non-hydrogen) atoms. The van der Waals surface area contributed by atoms with Gasteiger partial charge in [0, 0.05) is 30.0 Å². The van der Waals surface area contributed by atoms with Crippen LogP contribution >= 0.6 is 23.1 Å². The van der Waals surface area contributed by atoms with Crippen LogP contribution in [-0.2, 0) is 4.79 Å². The first-order valence-corrected chi connectivity index (χ1v) is 10.5. The van der Waals surface area contributed by atoms with Crippen LogP contribution in [0.15, 0.2) is 58.5 Å². The number of nitrogens with one attached hydrogen (secondary N) is 1. The van der Waals surface area contributed by atoms with Gasteiger partial charge < -0.3 is 9.73 Å². The third-order valence-electron chi connectivity index (χ3n) is 4.28. The number of nitrogens with zero attached hydrogens (tertiary/aromatic N) is 2. The number of anilines is 1. The third kappa shape index (κ3) is 3.85. The number of hydrogen-bond acceptors (Lipinski definition) is 6. The average Bonchev–Trinajstić information content (AvgIpc) is 3.35. The molecule has 1 fully saturated rings. The molecule has 1 aromatic carbocycles. The molecular formula is C19H19N3O2S2. The van der Waals surface area contributed by atoms with Crippen LogP contribution < -0.4 is 5.32 Å². The Morgan fingerprint density at radius 1 is 1.15 bits per heavy atom. The molecule has 1 atom stereocenters. The summed E-state index contributed by atoms with van der Waals surface area (Å²) in [7, 11) is 0. The number of rotatable bonds is 5. The van der Waals surface area contributed by atoms with Gasteiger partial charge in [-0.3, -0.25) is 9.69 Å². The summed E-state index contributed by atoms with van der Waals surface area (Å²) in [6.45, 7) is 1.82. The Bertz CT molecular complexity index is 843. The second-order valence-electron chi connectivity index (χ2n) is 5.97. The van der Waals surface area contributed by atoms with E-state index in [9.17, 15) is 4.79 Å². The maximum atomic E-state index is 13.1. The molecule has 0 bridgehead atoms. The molecule has 1 N–H and O–H groups in total. The molecule has 3 aromatic rings. The van der Waals surface area contributed by atoms with Gasteiger partial charge in [-0.25, -0.2) is 4.98 Å². The number of benzene rings is 1. The molecular weight excluding hydrogens is 366 g/mol. The van der Waals surface area contributed by atoms with E-state index in [0.717, 1.165) is 35.9 Å². The van der Waals surface area contributed by atoms with Crippen molar-refractivity contribution in [3.8, 4) is 11.5 Å². The van der Waals surface area contributed by atoms with E-state index in [-0.39, 0.29) is 11.9 Å². The Kier molecular flexibility index (Phi) is 5.38. The Hall–Kier alpha value is -2.09. The van der Waals surface area contributed by atoms with E-state index < -0.39 is 0 Å². The number of aromatic nitrogens is 1. The summed E-state index contributed by atoms with van der Waals surface area (Å²) >= 11 is 3.34. The normalized spacial score (nSPS) is 16.3. The minimum atomic E-state index is -0.298. The van der Waals surface area contributed by atoms with E-state index in [0.29, 0.717) is 10.9 Å². The Labute approximate surface area is 160 Å². The zero-order chi connectivity index (χ0) is 17.8. The maximum Gasteiger partial charge on any atom is 0.248 e. The average molecular weight is 386 g/mol. The highest BCUT2D eigenvalue weighted by Crippen LogP contribution is 2.28. The number of furan rings is 1. The fourth-order valence-electron chi connectivity index (χ4n) is 3.04. The predicted molar refractivity (Wildman–Crippen MR) is 107 cm³/mol. The van der Waals surface area contributed by atoms with E-state index >= 15 is 0 Å². The van der Waals surface area contributed by atoms with Gasteiger partial charge in [0.05, 0.1) is 6.26 Å². The molecule has 0 aliphatic carbocycles. The fourth-order valence-corrected chi connectivity index (χ4v) is 4.68. The van der Waals surface area contributed by atoms with Gasteiger partial charge in [0.1, 0.15) is 11.7 Å². The van der Waals surface area contributed by atoms with Gasteiger partial charge in [0.25, 0.3) is 0 Å². The zero-order valence-electron chi connectivity index (χ0n) is 14.1. The highest BCUT2D eigenvalue weighted by molar-refractivity contribution is 7.99. The van der Waals surface area contributed by atoms with Crippen LogP contribution in [0.1, 0.15) is 11.6 Å². The lowest BCUT2D eigenvalue weighted by molar-refractivity contribution is -0.121. The largest absolute Gasteiger partial charge is 0.463 e. The van der Waals surface area contributed by atoms with Crippen molar-refractivity contribution in [1.29, 1.82) is 0 Å². The summed E-state index contributed by atoms with van der Waals surface area (Å²) in [4.78, 5) is 19.8. The minimum absolute atomic E-state index is 0.0385. The van der Waals surface area contributed by atoms with E-state index in [2.05, 4.69) is 15.2 Å². The fraction of sp³-hybridized carbons (Fsp3) is 0.263. The van der Waals surface area contributed by atoms with Crippen LogP contribution in [0.2, 0.25) is 0 Å². The molecule has 1 aliphatic heterocycles. The predicted octanol–water partition coefficient (Wildman–Crippen LogP) is 4.13. The summed E-state index contributed by atoms with van der Waals surface area (Å²) in [5.41, 5.74) is 1.75. The maximum absolute atomic E-state index is 13.1. The molecule has 1 aliphatic rings. The van der Waals surface area contributed by atoms with Gasteiger partial charge >= 0.3 is 0 Å². The molecule has 134 valence electrons. The van der Waals surface area contributed by atoms with Crippen molar-refractivity contribution >= 4 is 34.1 Å². The lowest BCUT2D eigenvalue weighted by Crippen LogP contribution is -2.41. The summed E-state index contributed by atoms with van der Waals surface area (Å²) in [6, 6.07) is 13.4. The van der Waals surface area contributed by atoms with Crippen molar-refractivity contribution in [2.45, 2.75) is 6.04 Å². The van der Waals surface area contributed by atoms with Gasteiger partial charge in [0.15, 0.2) is 10.9 Å². The lowest BCUT2D eigenvalue weighted by atomic mass is 10.0. The molecule has 7 heteroatoms. The standard InChI is InChI=1S/C19H19N3O2S2/c23-18(21-19-20-15(13-26-19)16-7-4-10-24-16)17(14-5-2-1-3-6-14)22-8-11-25-12-9-22/h1-7,10,13,17H,8-9,11-12H2,(H,20,21,23). The molecule has 1 saturated heterocycles. The molecule has 4 rings (SSSR count). The Balaban J connectivity index is 1.54. The van der Waals surface area contributed by atoms with Crippen LogP contribution in [0.25, 0.3) is 11.5 Å². The lowest BCUT2D eigenvalue weighted by Gasteiger charge is -2.33. The number of thioether (sulfide) groups is 1. The van der Waals surface area contributed by atoms with Crippen molar-refractivity contribution in [3.63, 3.8) is 0 Å². The summed E-state index contributed by atoms with van der Waals surface area (Å²) in [5.74, 6) is 2.77. The van der Waals surface area contributed by atoms with Crippen molar-refractivity contribution in [3.05, 3.63) is 59.7 Å². The van der Waals surface area contributed by atoms with Crippen LogP contribution in [0.5, 0.6) is 0 Å². The molecule has 1 amide bonds. The first kappa shape index (κ1) is 17.3. The van der Waals surface area contributed by atoms with Crippen molar-refractivity contribution < 1.29 is 9.21 Å². The van der Waals surface area contributed by atoms with Gasteiger partial charge in [-0.05, 0) is 17.7 Å². The summed E-state index contributed by atoms with van der Waals surface area (Å²) < 4.78 is 5.37. The minimum Gasteiger partial charge on any atom is -0.463 e. The van der Waals surface area contributed by atoms with Crippen LogP contribution in [-0.4, -0.2) is 40.4 Å². The van der Waals surface area contributed by atoms with Gasteiger partial charge in [-0.1, -0.05) is 30.3 Å². The molecule has 0 saturated carbocycles. The highest BCUT2D eigenvalue weighted by atomic mass is 32.2. The number of carbonyl (C=O) groups excluding carboxylic acids is 1. The topological polar surface area (TPSA) is 58.4 Å². The number of hydrogen-bond donors (Lipinski definition) is 1. The van der Waals surface area contributed by atoms with Crippen molar-refractivity contribution in [2.24, 2.45) is 0 Å².